The Labute approximate surface area is 94.4 Å². The molecule has 16 heavy (non-hydrogen) atoms. The molecule has 0 amide bonds. The Hall–Kier alpha value is -1.65. The zero-order valence-electron chi connectivity index (χ0n) is 9.77. The van der Waals surface area contributed by atoms with E-state index in [-0.39, 0.29) is 24.1 Å². The minimum Gasteiger partial charge on any atom is -0.469 e. The Kier molecular flexibility index (Phi) is 4.22. The molecule has 1 atom stereocenters. The summed E-state index contributed by atoms with van der Waals surface area (Å²) < 4.78 is 6.29. The van der Waals surface area contributed by atoms with Gasteiger partial charge in [0.05, 0.1) is 26.1 Å². The molecule has 1 heterocycles. The summed E-state index contributed by atoms with van der Waals surface area (Å²) in [6, 6.07) is 0. The number of hydrogen-bond acceptors (Lipinski definition) is 4. The molecule has 0 bridgehead atoms. The number of imidazole rings is 1. The SMILES string of the molecule is CCn1cncc1C(=O)C(C)CC(=O)OC. The van der Waals surface area contributed by atoms with E-state index in [1.165, 1.54) is 13.3 Å². The van der Waals surface area contributed by atoms with Gasteiger partial charge in [-0.2, -0.15) is 0 Å². The highest BCUT2D eigenvalue weighted by atomic mass is 16.5. The molecular weight excluding hydrogens is 208 g/mol. The van der Waals surface area contributed by atoms with Crippen LogP contribution in [-0.4, -0.2) is 28.4 Å². The first-order valence-corrected chi connectivity index (χ1v) is 5.21. The van der Waals surface area contributed by atoms with Crippen LogP contribution in [0, 0.1) is 5.92 Å². The molecule has 0 N–H and O–H groups in total. The van der Waals surface area contributed by atoms with Crippen molar-refractivity contribution in [3.63, 3.8) is 0 Å². The molecule has 0 aliphatic carbocycles. The highest BCUT2D eigenvalue weighted by Crippen LogP contribution is 2.12. The molecule has 1 aromatic heterocycles. The van der Waals surface area contributed by atoms with Gasteiger partial charge in [0.2, 0.25) is 0 Å². The number of carbonyl (C=O) groups excluding carboxylic acids is 2. The van der Waals surface area contributed by atoms with Crippen LogP contribution in [0.5, 0.6) is 0 Å². The van der Waals surface area contributed by atoms with Crippen molar-refractivity contribution in [2.75, 3.05) is 7.11 Å². The van der Waals surface area contributed by atoms with E-state index in [0.29, 0.717) is 12.2 Å². The Morgan fingerprint density at radius 3 is 2.81 bits per heavy atom. The topological polar surface area (TPSA) is 61.2 Å². The first kappa shape index (κ1) is 12.4. The lowest BCUT2D eigenvalue weighted by Crippen LogP contribution is -2.19. The van der Waals surface area contributed by atoms with Gasteiger partial charge in [-0.05, 0) is 6.92 Å². The van der Waals surface area contributed by atoms with Gasteiger partial charge in [-0.25, -0.2) is 4.98 Å². The molecule has 5 nitrogen and oxygen atoms in total. The standard InChI is InChI=1S/C11H16N2O3/c1-4-13-7-12-6-9(13)11(15)8(2)5-10(14)16-3/h6-8H,4-5H2,1-3H3. The highest BCUT2D eigenvalue weighted by Gasteiger charge is 2.21. The smallest absolute Gasteiger partial charge is 0.306 e. The normalized spacial score (nSPS) is 12.2. The van der Waals surface area contributed by atoms with Crippen LogP contribution in [0.1, 0.15) is 30.8 Å². The minimum atomic E-state index is -0.380. The Bertz CT molecular complexity index is 384. The second-order valence-corrected chi connectivity index (χ2v) is 3.61. The van der Waals surface area contributed by atoms with Crippen molar-refractivity contribution in [2.24, 2.45) is 5.92 Å². The number of Topliss-reactive ketones (excluding diaryl/α,β-unsaturated/α-hetero) is 1. The third-order valence-corrected chi connectivity index (χ3v) is 2.45. The largest absolute Gasteiger partial charge is 0.469 e. The number of aryl methyl sites for hydroxylation is 1. The molecule has 0 aliphatic rings. The predicted molar refractivity (Wildman–Crippen MR) is 58.0 cm³/mol. The number of aromatic nitrogens is 2. The van der Waals surface area contributed by atoms with Crippen LogP contribution in [0.3, 0.4) is 0 Å². The quantitative estimate of drug-likeness (QED) is 0.558. The summed E-state index contributed by atoms with van der Waals surface area (Å²) in [5.74, 6) is -0.831. The van der Waals surface area contributed by atoms with Gasteiger partial charge in [-0.15, -0.1) is 0 Å². The zero-order valence-corrected chi connectivity index (χ0v) is 9.77. The summed E-state index contributed by atoms with van der Waals surface area (Å²) in [6.07, 6.45) is 3.24. The lowest BCUT2D eigenvalue weighted by molar-refractivity contribution is -0.141. The molecule has 0 fully saturated rings. The van der Waals surface area contributed by atoms with Crippen LogP contribution in [0.2, 0.25) is 0 Å². The van der Waals surface area contributed by atoms with Crippen molar-refractivity contribution in [2.45, 2.75) is 26.8 Å². The molecule has 88 valence electrons. The summed E-state index contributed by atoms with van der Waals surface area (Å²) in [7, 11) is 1.32. The molecule has 0 saturated heterocycles. The number of methoxy groups -OCH3 is 1. The van der Waals surface area contributed by atoms with Gasteiger partial charge in [-0.1, -0.05) is 6.92 Å². The number of nitrogens with zero attached hydrogens (tertiary/aromatic N) is 2. The summed E-state index contributed by atoms with van der Waals surface area (Å²) in [4.78, 5) is 26.9. The van der Waals surface area contributed by atoms with Crippen molar-refractivity contribution < 1.29 is 14.3 Å². The number of esters is 1. The second-order valence-electron chi connectivity index (χ2n) is 3.61. The number of ether oxygens (including phenoxy) is 1. The molecule has 0 aromatic carbocycles. The maximum Gasteiger partial charge on any atom is 0.306 e. The maximum absolute atomic E-state index is 12.0. The van der Waals surface area contributed by atoms with Crippen LogP contribution >= 0.6 is 0 Å². The minimum absolute atomic E-state index is 0.0789. The van der Waals surface area contributed by atoms with Gasteiger partial charge in [0.25, 0.3) is 0 Å². The van der Waals surface area contributed by atoms with E-state index in [0.717, 1.165) is 0 Å². The van der Waals surface area contributed by atoms with Crippen molar-refractivity contribution in [1.29, 1.82) is 0 Å². The lowest BCUT2D eigenvalue weighted by Gasteiger charge is -2.10. The average Bonchev–Trinajstić information content (AvgIpc) is 2.75. The first-order chi connectivity index (χ1) is 7.60. The van der Waals surface area contributed by atoms with Crippen LogP contribution in [0.15, 0.2) is 12.5 Å². The van der Waals surface area contributed by atoms with E-state index in [1.54, 1.807) is 17.8 Å². The molecule has 0 aliphatic heterocycles. The first-order valence-electron chi connectivity index (χ1n) is 5.21. The van der Waals surface area contributed by atoms with Gasteiger partial charge in [0, 0.05) is 12.5 Å². The summed E-state index contributed by atoms with van der Waals surface area (Å²) in [6.45, 7) is 4.34. The molecule has 0 spiro atoms. The van der Waals surface area contributed by atoms with Crippen molar-refractivity contribution in [1.82, 2.24) is 9.55 Å². The van der Waals surface area contributed by atoms with Crippen LogP contribution in [0.25, 0.3) is 0 Å². The van der Waals surface area contributed by atoms with Gasteiger partial charge in [0.1, 0.15) is 5.69 Å². The maximum atomic E-state index is 12.0. The Balaban J connectivity index is 2.74. The summed E-state index contributed by atoms with van der Waals surface area (Å²) >= 11 is 0. The zero-order chi connectivity index (χ0) is 12.1. The monoisotopic (exact) mass is 224 g/mol. The summed E-state index contributed by atoms with van der Waals surface area (Å²) in [5.41, 5.74) is 0.541. The van der Waals surface area contributed by atoms with Crippen molar-refractivity contribution >= 4 is 11.8 Å². The number of hydrogen-bond donors (Lipinski definition) is 0. The van der Waals surface area contributed by atoms with Crippen LogP contribution in [-0.2, 0) is 16.1 Å². The predicted octanol–water partition coefficient (Wildman–Crippen LogP) is 1.28. The van der Waals surface area contributed by atoms with Gasteiger partial charge in [-0.3, -0.25) is 9.59 Å². The molecule has 1 aromatic rings. The van der Waals surface area contributed by atoms with E-state index in [2.05, 4.69) is 9.72 Å². The fourth-order valence-electron chi connectivity index (χ4n) is 1.46. The Morgan fingerprint density at radius 2 is 2.25 bits per heavy atom. The van der Waals surface area contributed by atoms with Crippen LogP contribution in [0.4, 0.5) is 0 Å². The highest BCUT2D eigenvalue weighted by molar-refractivity contribution is 5.97. The third-order valence-electron chi connectivity index (χ3n) is 2.45. The van der Waals surface area contributed by atoms with Gasteiger partial charge in [0.15, 0.2) is 5.78 Å². The lowest BCUT2D eigenvalue weighted by atomic mass is 10.0. The summed E-state index contributed by atoms with van der Waals surface area (Å²) in [5, 5.41) is 0. The number of rotatable bonds is 5. The van der Waals surface area contributed by atoms with Crippen molar-refractivity contribution in [3.8, 4) is 0 Å². The molecular formula is C11H16N2O3. The third kappa shape index (κ3) is 2.68. The average molecular weight is 224 g/mol. The van der Waals surface area contributed by atoms with Gasteiger partial charge < -0.3 is 9.30 Å². The van der Waals surface area contributed by atoms with Crippen molar-refractivity contribution in [3.05, 3.63) is 18.2 Å². The van der Waals surface area contributed by atoms with Crippen LogP contribution < -0.4 is 0 Å². The fraction of sp³-hybridized carbons (Fsp3) is 0.545. The second kappa shape index (κ2) is 5.44. The number of ketones is 1. The molecule has 0 saturated carbocycles. The molecule has 1 rings (SSSR count). The molecule has 1 unspecified atom stereocenters. The molecule has 5 heteroatoms. The fourth-order valence-corrected chi connectivity index (χ4v) is 1.46. The van der Waals surface area contributed by atoms with E-state index < -0.39 is 0 Å². The molecule has 0 radical (unpaired) electrons. The van der Waals surface area contributed by atoms with E-state index in [1.807, 2.05) is 6.92 Å². The number of carbonyl (C=O) groups is 2. The van der Waals surface area contributed by atoms with E-state index in [4.69, 9.17) is 0 Å². The van der Waals surface area contributed by atoms with E-state index in [9.17, 15) is 9.59 Å². The Morgan fingerprint density at radius 1 is 1.56 bits per heavy atom. The van der Waals surface area contributed by atoms with E-state index >= 15 is 0 Å². The van der Waals surface area contributed by atoms with Gasteiger partial charge >= 0.3 is 5.97 Å².